The zero-order valence-electron chi connectivity index (χ0n) is 30.7. The Morgan fingerprint density at radius 3 is 2.25 bits per heavy atom. The first-order valence-electron chi connectivity index (χ1n) is 18.3. The van der Waals surface area contributed by atoms with Crippen LogP contribution in [0.2, 0.25) is 0 Å². The summed E-state index contributed by atoms with van der Waals surface area (Å²) in [6.07, 6.45) is 11.4. The molecule has 5 aliphatic carbocycles. The van der Waals surface area contributed by atoms with Gasteiger partial charge < -0.3 is 20.7 Å². The van der Waals surface area contributed by atoms with Crippen LogP contribution in [0.1, 0.15) is 106 Å². The van der Waals surface area contributed by atoms with Crippen molar-refractivity contribution in [3.8, 4) is 5.75 Å². The average Bonchev–Trinajstić information content (AvgIpc) is 3.02. The molecule has 3 amide bonds. The number of allylic oxidation sites excluding steroid dienone is 3. The molecule has 7 heteroatoms. The number of benzene rings is 1. The zero-order chi connectivity index (χ0) is 34.9. The molecule has 5 aliphatic rings. The van der Waals surface area contributed by atoms with Crippen LogP contribution in [0.15, 0.2) is 48.1 Å². The van der Waals surface area contributed by atoms with Gasteiger partial charge in [-0.3, -0.25) is 9.59 Å². The van der Waals surface area contributed by atoms with E-state index in [1.807, 2.05) is 0 Å². The Hall–Kier alpha value is -3.09. The van der Waals surface area contributed by atoms with Crippen molar-refractivity contribution in [1.82, 2.24) is 10.6 Å². The van der Waals surface area contributed by atoms with Crippen molar-refractivity contribution in [2.24, 2.45) is 50.2 Å². The highest BCUT2D eigenvalue weighted by molar-refractivity contribution is 6.00. The van der Waals surface area contributed by atoms with E-state index in [1.54, 1.807) is 31.4 Å². The Bertz CT molecular complexity index is 1530. The van der Waals surface area contributed by atoms with Gasteiger partial charge in [0.25, 0.3) is 0 Å². The number of methoxy groups -OCH3 is 1. The molecular weight excluding hydrogens is 598 g/mol. The predicted molar refractivity (Wildman–Crippen MR) is 192 cm³/mol. The van der Waals surface area contributed by atoms with Gasteiger partial charge in [-0.2, -0.15) is 0 Å². The molecule has 0 radical (unpaired) electrons. The van der Waals surface area contributed by atoms with Gasteiger partial charge in [0.1, 0.15) is 5.75 Å². The molecule has 7 nitrogen and oxygen atoms in total. The number of carbonyl (C=O) groups is 3. The van der Waals surface area contributed by atoms with Crippen LogP contribution in [0.4, 0.5) is 10.5 Å². The van der Waals surface area contributed by atoms with Crippen LogP contribution in [0.5, 0.6) is 5.75 Å². The third-order valence-corrected chi connectivity index (χ3v) is 14.8. The number of urea groups is 1. The largest absolute Gasteiger partial charge is 0.497 e. The monoisotopic (exact) mass is 657 g/mol. The van der Waals surface area contributed by atoms with Crippen molar-refractivity contribution in [1.29, 1.82) is 0 Å². The molecule has 4 fully saturated rings. The van der Waals surface area contributed by atoms with E-state index in [0.29, 0.717) is 30.6 Å². The van der Waals surface area contributed by atoms with E-state index in [4.69, 9.17) is 4.74 Å². The fraction of sp³-hybridized carbons (Fsp3) is 0.683. The second kappa shape index (κ2) is 11.8. The molecule has 0 aliphatic heterocycles. The van der Waals surface area contributed by atoms with Crippen molar-refractivity contribution in [2.75, 3.05) is 25.5 Å². The third-order valence-electron chi connectivity index (χ3n) is 14.8. The summed E-state index contributed by atoms with van der Waals surface area (Å²) in [6.45, 7) is 21.7. The first-order valence-corrected chi connectivity index (χ1v) is 18.3. The summed E-state index contributed by atoms with van der Waals surface area (Å²) in [5.74, 6) is 2.16. The Labute approximate surface area is 288 Å². The van der Waals surface area contributed by atoms with Gasteiger partial charge in [-0.25, -0.2) is 4.79 Å². The molecular formula is C41H59N3O4. The molecule has 0 heterocycles. The van der Waals surface area contributed by atoms with Crippen LogP contribution >= 0.6 is 0 Å². The van der Waals surface area contributed by atoms with Gasteiger partial charge in [0.2, 0.25) is 5.91 Å². The highest BCUT2D eigenvalue weighted by Crippen LogP contribution is 2.75. The molecule has 0 saturated heterocycles. The lowest BCUT2D eigenvalue weighted by atomic mass is 9.33. The summed E-state index contributed by atoms with van der Waals surface area (Å²) in [5.41, 5.74) is 2.49. The number of carbonyl (C=O) groups excluding carboxylic acids is 3. The van der Waals surface area contributed by atoms with E-state index >= 15 is 0 Å². The molecule has 3 N–H and O–H groups in total. The Balaban J connectivity index is 1.20. The average molecular weight is 658 g/mol. The van der Waals surface area contributed by atoms with Gasteiger partial charge in [0, 0.05) is 24.2 Å². The normalized spacial score (nSPS) is 37.8. The second-order valence-corrected chi connectivity index (χ2v) is 18.1. The van der Waals surface area contributed by atoms with E-state index in [1.165, 1.54) is 5.57 Å². The van der Waals surface area contributed by atoms with Crippen LogP contribution in [-0.2, 0) is 9.59 Å². The lowest BCUT2D eigenvalue weighted by molar-refractivity contribution is -0.179. The maximum absolute atomic E-state index is 14.4. The third kappa shape index (κ3) is 5.24. The lowest BCUT2D eigenvalue weighted by Gasteiger charge is -2.70. The zero-order valence-corrected chi connectivity index (χ0v) is 30.7. The van der Waals surface area contributed by atoms with Gasteiger partial charge >= 0.3 is 6.03 Å². The summed E-state index contributed by atoms with van der Waals surface area (Å²) in [4.78, 5) is 40.2. The van der Waals surface area contributed by atoms with Gasteiger partial charge in [-0.1, -0.05) is 66.7 Å². The number of nitrogens with one attached hydrogen (secondary N) is 3. The minimum absolute atomic E-state index is 0.000202. The minimum atomic E-state index is -0.427. The van der Waals surface area contributed by atoms with Crippen molar-refractivity contribution in [3.63, 3.8) is 0 Å². The standard InChI is InChI=1S/C41H59N3O4/c1-26-24-38(6)31(37(4,5)33(26)45)16-17-40(8)32(38)15-14-29-30-25-36(2,3)18-20-41(30,21-19-39(29,40)7)34(46)42-22-23-43-35(47)44-27-10-12-28(48-9)13-11-27/h10-14,30-32H,1,15-25H2,2-9H3,(H,42,46)(H2,43,44,47)/t30-,31-,32+,38-,39+,40+,41-/m0/s1. The van der Waals surface area contributed by atoms with Crippen LogP contribution in [0.3, 0.4) is 0 Å². The molecule has 0 unspecified atom stereocenters. The maximum atomic E-state index is 14.4. The minimum Gasteiger partial charge on any atom is -0.497 e. The molecule has 0 spiro atoms. The van der Waals surface area contributed by atoms with Crippen molar-refractivity contribution in [2.45, 2.75) is 106 Å². The topological polar surface area (TPSA) is 96.5 Å². The number of ketones is 1. The number of rotatable bonds is 6. The highest BCUT2D eigenvalue weighted by atomic mass is 16.5. The second-order valence-electron chi connectivity index (χ2n) is 18.1. The van der Waals surface area contributed by atoms with E-state index in [2.05, 4.69) is 77.1 Å². The fourth-order valence-electron chi connectivity index (χ4n) is 12.0. The van der Waals surface area contributed by atoms with Crippen LogP contribution in [-0.4, -0.2) is 37.9 Å². The lowest BCUT2D eigenvalue weighted by Crippen LogP contribution is -2.65. The molecule has 48 heavy (non-hydrogen) atoms. The first-order chi connectivity index (χ1) is 22.4. The van der Waals surface area contributed by atoms with Crippen molar-refractivity contribution >= 4 is 23.4 Å². The number of hydrogen-bond donors (Lipinski definition) is 3. The van der Waals surface area contributed by atoms with Crippen molar-refractivity contribution in [3.05, 3.63) is 48.1 Å². The van der Waals surface area contributed by atoms with Gasteiger partial charge in [-0.05, 0) is 127 Å². The molecule has 7 atom stereocenters. The highest BCUT2D eigenvalue weighted by Gasteiger charge is 2.69. The molecule has 0 aromatic heterocycles. The SMILES string of the molecule is C=C1C[C@]2(C)[C@H]3CC=C4[C@@H]5CC(C)(C)CC[C@]5(C(=O)NCCNC(=O)Nc5ccc(OC)cc5)CC[C@@]4(C)[C@]3(C)CC[C@H]2C(C)(C)C1=O. The van der Waals surface area contributed by atoms with Crippen LogP contribution < -0.4 is 20.7 Å². The van der Waals surface area contributed by atoms with E-state index in [0.717, 1.165) is 69.1 Å². The number of amides is 3. The van der Waals surface area contributed by atoms with Gasteiger partial charge in [0.05, 0.1) is 12.5 Å². The molecule has 4 saturated carbocycles. The predicted octanol–water partition coefficient (Wildman–Crippen LogP) is 8.47. The van der Waals surface area contributed by atoms with Crippen LogP contribution in [0.25, 0.3) is 0 Å². The first kappa shape index (κ1) is 34.8. The summed E-state index contributed by atoms with van der Waals surface area (Å²) in [7, 11) is 1.61. The number of Topliss-reactive ketones (excluding diaryl/α,β-unsaturated/α-hetero) is 1. The van der Waals surface area contributed by atoms with E-state index in [9.17, 15) is 14.4 Å². The van der Waals surface area contributed by atoms with E-state index < -0.39 is 5.41 Å². The van der Waals surface area contributed by atoms with Crippen molar-refractivity contribution < 1.29 is 19.1 Å². The quantitative estimate of drug-likeness (QED) is 0.162. The summed E-state index contributed by atoms with van der Waals surface area (Å²) >= 11 is 0. The molecule has 0 bridgehead atoms. The van der Waals surface area contributed by atoms with Crippen LogP contribution in [0, 0.1) is 50.2 Å². The number of fused-ring (bicyclic) bond motifs is 7. The summed E-state index contributed by atoms with van der Waals surface area (Å²) in [6, 6.07) is 6.89. The molecule has 262 valence electrons. The number of anilines is 1. The maximum Gasteiger partial charge on any atom is 0.319 e. The van der Waals surface area contributed by atoms with Gasteiger partial charge in [-0.15, -0.1) is 0 Å². The summed E-state index contributed by atoms with van der Waals surface area (Å²) < 4.78 is 5.19. The number of hydrogen-bond acceptors (Lipinski definition) is 4. The van der Waals surface area contributed by atoms with Gasteiger partial charge in [0.15, 0.2) is 5.78 Å². The Morgan fingerprint density at radius 1 is 0.896 bits per heavy atom. The smallest absolute Gasteiger partial charge is 0.319 e. The number of ether oxygens (including phenoxy) is 1. The molecule has 1 aromatic carbocycles. The van der Waals surface area contributed by atoms with E-state index in [-0.39, 0.29) is 50.7 Å². The Morgan fingerprint density at radius 2 is 1.56 bits per heavy atom. The summed E-state index contributed by atoms with van der Waals surface area (Å²) in [5, 5.41) is 9.00. The Kier molecular flexibility index (Phi) is 8.52. The molecule has 1 aromatic rings. The molecule has 6 rings (SSSR count). The fourth-order valence-corrected chi connectivity index (χ4v) is 12.0.